The zero-order valence-corrected chi connectivity index (χ0v) is 7.63. The van der Waals surface area contributed by atoms with Crippen molar-refractivity contribution in [2.24, 2.45) is 11.8 Å². The first-order chi connectivity index (χ1) is 5.88. The van der Waals surface area contributed by atoms with Crippen LogP contribution in [0.2, 0.25) is 0 Å². The van der Waals surface area contributed by atoms with Crippen molar-refractivity contribution in [1.29, 1.82) is 5.26 Å². The van der Waals surface area contributed by atoms with E-state index in [9.17, 15) is 0 Å². The fourth-order valence-electron chi connectivity index (χ4n) is 2.06. The summed E-state index contributed by atoms with van der Waals surface area (Å²) in [6.07, 6.45) is 9.15. The number of nitrogens with zero attached hydrogens (tertiary/aromatic N) is 1. The highest BCUT2D eigenvalue weighted by molar-refractivity contribution is 4.91. The van der Waals surface area contributed by atoms with E-state index in [0.717, 1.165) is 12.8 Å². The largest absolute Gasteiger partial charge is 0.198 e. The van der Waals surface area contributed by atoms with Gasteiger partial charge in [-0.25, -0.2) is 0 Å². The Balaban J connectivity index is 2.37. The Morgan fingerprint density at radius 1 is 1.42 bits per heavy atom. The summed E-state index contributed by atoms with van der Waals surface area (Å²) in [5.74, 6) is 0.987. The van der Waals surface area contributed by atoms with Crippen molar-refractivity contribution < 1.29 is 0 Å². The molecule has 0 aromatic carbocycles. The maximum atomic E-state index is 8.88. The van der Waals surface area contributed by atoms with E-state index >= 15 is 0 Å². The quantitative estimate of drug-likeness (QED) is 0.586. The molecule has 0 bridgehead atoms. The SMILES string of the molecule is C=CCCC1CCCCC1C#N. The molecule has 1 fully saturated rings. The molecule has 0 heterocycles. The summed E-state index contributed by atoms with van der Waals surface area (Å²) in [6.45, 7) is 3.71. The van der Waals surface area contributed by atoms with E-state index in [4.69, 9.17) is 5.26 Å². The average Bonchev–Trinajstić information content (AvgIpc) is 2.15. The molecule has 2 unspecified atom stereocenters. The molecule has 0 amide bonds. The number of allylic oxidation sites excluding steroid dienone is 1. The topological polar surface area (TPSA) is 23.8 Å². The highest BCUT2D eigenvalue weighted by atomic mass is 14.3. The Morgan fingerprint density at radius 3 is 2.83 bits per heavy atom. The Labute approximate surface area is 75.1 Å². The summed E-state index contributed by atoms with van der Waals surface area (Å²) in [4.78, 5) is 0. The minimum absolute atomic E-state index is 0.332. The molecule has 0 aromatic heterocycles. The van der Waals surface area contributed by atoms with Crippen molar-refractivity contribution in [3.8, 4) is 6.07 Å². The van der Waals surface area contributed by atoms with E-state index in [0.29, 0.717) is 11.8 Å². The van der Waals surface area contributed by atoms with Crippen LogP contribution in [0.4, 0.5) is 0 Å². The van der Waals surface area contributed by atoms with Crippen LogP contribution in [0.15, 0.2) is 12.7 Å². The summed E-state index contributed by atoms with van der Waals surface area (Å²) >= 11 is 0. The Morgan fingerprint density at radius 2 is 2.17 bits per heavy atom. The van der Waals surface area contributed by atoms with Crippen molar-refractivity contribution in [1.82, 2.24) is 0 Å². The van der Waals surface area contributed by atoms with Crippen molar-refractivity contribution in [3.63, 3.8) is 0 Å². The van der Waals surface area contributed by atoms with Gasteiger partial charge in [0.15, 0.2) is 0 Å². The highest BCUT2D eigenvalue weighted by Gasteiger charge is 2.23. The van der Waals surface area contributed by atoms with Gasteiger partial charge in [0.2, 0.25) is 0 Å². The molecule has 0 aromatic rings. The van der Waals surface area contributed by atoms with Gasteiger partial charge in [0.05, 0.1) is 6.07 Å². The van der Waals surface area contributed by atoms with Gasteiger partial charge in [0.25, 0.3) is 0 Å². The number of rotatable bonds is 3. The number of hydrogen-bond donors (Lipinski definition) is 0. The molecule has 0 N–H and O–H groups in total. The smallest absolute Gasteiger partial charge is 0.0658 e. The lowest BCUT2D eigenvalue weighted by atomic mass is 9.78. The molecule has 1 saturated carbocycles. The fraction of sp³-hybridized carbons (Fsp3) is 0.727. The minimum atomic E-state index is 0.332. The van der Waals surface area contributed by atoms with Gasteiger partial charge < -0.3 is 0 Å². The van der Waals surface area contributed by atoms with Crippen LogP contribution in [-0.4, -0.2) is 0 Å². The van der Waals surface area contributed by atoms with Crippen molar-refractivity contribution in [2.45, 2.75) is 38.5 Å². The zero-order valence-electron chi connectivity index (χ0n) is 7.63. The van der Waals surface area contributed by atoms with Gasteiger partial charge in [0.1, 0.15) is 0 Å². The molecule has 12 heavy (non-hydrogen) atoms. The molecule has 1 nitrogen and oxygen atoms in total. The van der Waals surface area contributed by atoms with Gasteiger partial charge >= 0.3 is 0 Å². The molecule has 1 aliphatic rings. The van der Waals surface area contributed by atoms with Crippen LogP contribution in [-0.2, 0) is 0 Å². The number of nitriles is 1. The van der Waals surface area contributed by atoms with E-state index in [2.05, 4.69) is 12.6 Å². The lowest BCUT2D eigenvalue weighted by Crippen LogP contribution is -2.17. The van der Waals surface area contributed by atoms with Gasteiger partial charge in [-0.1, -0.05) is 18.9 Å². The predicted octanol–water partition coefficient (Wildman–Crippen LogP) is 3.28. The second kappa shape index (κ2) is 4.98. The molecule has 2 atom stereocenters. The standard InChI is InChI=1S/C11H17N/c1-2-3-6-10-7-4-5-8-11(10)9-12/h2,10-11H,1,3-8H2. The first-order valence-electron chi connectivity index (χ1n) is 4.89. The van der Waals surface area contributed by atoms with Crippen LogP contribution in [0.25, 0.3) is 0 Å². The fourth-order valence-corrected chi connectivity index (χ4v) is 2.06. The zero-order chi connectivity index (χ0) is 8.81. The first-order valence-corrected chi connectivity index (χ1v) is 4.89. The third-order valence-corrected chi connectivity index (χ3v) is 2.82. The third-order valence-electron chi connectivity index (χ3n) is 2.82. The van der Waals surface area contributed by atoms with Gasteiger partial charge in [-0.15, -0.1) is 6.58 Å². The molecule has 0 saturated heterocycles. The first kappa shape index (κ1) is 9.32. The van der Waals surface area contributed by atoms with E-state index in [1.807, 2.05) is 6.08 Å². The Hall–Kier alpha value is -0.770. The van der Waals surface area contributed by atoms with Crippen molar-refractivity contribution in [3.05, 3.63) is 12.7 Å². The molecule has 1 heteroatoms. The summed E-state index contributed by atoms with van der Waals surface area (Å²) in [5, 5.41) is 8.88. The van der Waals surface area contributed by atoms with E-state index in [1.165, 1.54) is 25.7 Å². The van der Waals surface area contributed by atoms with Gasteiger partial charge in [0, 0.05) is 5.92 Å². The average molecular weight is 163 g/mol. The van der Waals surface area contributed by atoms with Crippen LogP contribution >= 0.6 is 0 Å². The second-order valence-electron chi connectivity index (χ2n) is 3.65. The van der Waals surface area contributed by atoms with Crippen molar-refractivity contribution in [2.75, 3.05) is 0 Å². The Kier molecular flexibility index (Phi) is 3.87. The van der Waals surface area contributed by atoms with Gasteiger partial charge in [-0.2, -0.15) is 5.26 Å². The summed E-state index contributed by atoms with van der Waals surface area (Å²) in [6, 6.07) is 2.43. The lowest BCUT2D eigenvalue weighted by Gasteiger charge is -2.26. The minimum Gasteiger partial charge on any atom is -0.198 e. The van der Waals surface area contributed by atoms with E-state index in [-0.39, 0.29) is 0 Å². The van der Waals surface area contributed by atoms with Crippen LogP contribution in [0.3, 0.4) is 0 Å². The van der Waals surface area contributed by atoms with Crippen LogP contribution in [0, 0.1) is 23.2 Å². The number of hydrogen-bond acceptors (Lipinski definition) is 1. The molecule has 66 valence electrons. The van der Waals surface area contributed by atoms with Crippen LogP contribution < -0.4 is 0 Å². The second-order valence-corrected chi connectivity index (χ2v) is 3.65. The molecular formula is C11H17N. The molecule has 0 aliphatic heterocycles. The molecule has 0 spiro atoms. The van der Waals surface area contributed by atoms with Crippen LogP contribution in [0.1, 0.15) is 38.5 Å². The summed E-state index contributed by atoms with van der Waals surface area (Å²) < 4.78 is 0. The summed E-state index contributed by atoms with van der Waals surface area (Å²) in [5.41, 5.74) is 0. The maximum absolute atomic E-state index is 8.88. The molecule has 1 aliphatic carbocycles. The normalized spacial score (nSPS) is 29.2. The molecule has 1 rings (SSSR count). The van der Waals surface area contributed by atoms with Gasteiger partial charge in [-0.3, -0.25) is 0 Å². The lowest BCUT2D eigenvalue weighted by molar-refractivity contribution is 0.276. The summed E-state index contributed by atoms with van der Waals surface area (Å²) in [7, 11) is 0. The van der Waals surface area contributed by atoms with Crippen molar-refractivity contribution >= 4 is 0 Å². The Bertz CT molecular complexity index is 178. The molecular weight excluding hydrogens is 146 g/mol. The van der Waals surface area contributed by atoms with E-state index in [1.54, 1.807) is 0 Å². The molecule has 0 radical (unpaired) electrons. The van der Waals surface area contributed by atoms with Gasteiger partial charge in [-0.05, 0) is 31.6 Å². The third kappa shape index (κ3) is 2.37. The van der Waals surface area contributed by atoms with Crippen LogP contribution in [0.5, 0.6) is 0 Å². The monoisotopic (exact) mass is 163 g/mol. The predicted molar refractivity (Wildman–Crippen MR) is 50.5 cm³/mol. The maximum Gasteiger partial charge on any atom is 0.0658 e. The van der Waals surface area contributed by atoms with E-state index < -0.39 is 0 Å². The highest BCUT2D eigenvalue weighted by Crippen LogP contribution is 2.32.